The molecule has 0 heterocycles. The Morgan fingerprint density at radius 2 is 1.61 bits per heavy atom. The number of carbonyl (C=O) groups excluding carboxylic acids is 2. The minimum absolute atomic E-state index is 0.0416. The summed E-state index contributed by atoms with van der Waals surface area (Å²) in [5.41, 5.74) is 2.17. The van der Waals surface area contributed by atoms with Crippen LogP contribution in [-0.4, -0.2) is 42.5 Å². The number of rotatable bonds is 13. The molecule has 0 spiro atoms. The molecule has 0 fully saturated rings. The SMILES string of the molecule is CCC(C)NC(=O)C(CC)N(Cc1ccc(C)cc1)C(=O)CCCOc1ccc(OC)cc1. The maximum absolute atomic E-state index is 13.2. The number of methoxy groups -OCH3 is 1. The molecule has 0 saturated heterocycles. The molecule has 6 nitrogen and oxygen atoms in total. The molecule has 2 unspecified atom stereocenters. The number of hydrogen-bond donors (Lipinski definition) is 1. The van der Waals surface area contributed by atoms with Crippen molar-refractivity contribution in [2.45, 2.75) is 72.0 Å². The molecule has 2 atom stereocenters. The Labute approximate surface area is 198 Å². The molecule has 0 saturated carbocycles. The zero-order valence-electron chi connectivity index (χ0n) is 20.6. The molecule has 1 N–H and O–H groups in total. The minimum atomic E-state index is -0.504. The highest BCUT2D eigenvalue weighted by molar-refractivity contribution is 5.87. The van der Waals surface area contributed by atoms with Crippen LogP contribution in [0.2, 0.25) is 0 Å². The van der Waals surface area contributed by atoms with Crippen LogP contribution in [0.5, 0.6) is 11.5 Å². The van der Waals surface area contributed by atoms with Crippen LogP contribution in [0.4, 0.5) is 0 Å². The van der Waals surface area contributed by atoms with Crippen molar-refractivity contribution in [2.24, 2.45) is 0 Å². The van der Waals surface area contributed by atoms with Gasteiger partial charge in [-0.15, -0.1) is 0 Å². The van der Waals surface area contributed by atoms with Crippen molar-refractivity contribution >= 4 is 11.8 Å². The van der Waals surface area contributed by atoms with Crippen molar-refractivity contribution in [3.8, 4) is 11.5 Å². The Balaban J connectivity index is 2.04. The zero-order chi connectivity index (χ0) is 24.2. The molecule has 2 aromatic rings. The number of nitrogens with zero attached hydrogens (tertiary/aromatic N) is 1. The third-order valence-corrected chi connectivity index (χ3v) is 5.72. The van der Waals surface area contributed by atoms with Crippen LogP contribution in [0.25, 0.3) is 0 Å². The van der Waals surface area contributed by atoms with E-state index in [0.717, 1.165) is 29.0 Å². The molecule has 6 heteroatoms. The van der Waals surface area contributed by atoms with Crippen molar-refractivity contribution < 1.29 is 19.1 Å². The lowest BCUT2D eigenvalue weighted by atomic mass is 10.1. The van der Waals surface area contributed by atoms with Crippen LogP contribution < -0.4 is 14.8 Å². The van der Waals surface area contributed by atoms with E-state index in [1.54, 1.807) is 12.0 Å². The van der Waals surface area contributed by atoms with Gasteiger partial charge in [0.25, 0.3) is 0 Å². The van der Waals surface area contributed by atoms with E-state index in [9.17, 15) is 9.59 Å². The molecule has 0 aliphatic carbocycles. The first kappa shape index (κ1) is 26.2. The van der Waals surface area contributed by atoms with E-state index >= 15 is 0 Å². The molecule has 180 valence electrons. The summed E-state index contributed by atoms with van der Waals surface area (Å²) in [7, 11) is 1.62. The van der Waals surface area contributed by atoms with Gasteiger partial charge in [-0.2, -0.15) is 0 Å². The van der Waals surface area contributed by atoms with Crippen molar-refractivity contribution in [1.29, 1.82) is 0 Å². The normalized spacial score (nSPS) is 12.5. The van der Waals surface area contributed by atoms with Gasteiger partial charge >= 0.3 is 0 Å². The molecule has 0 aliphatic rings. The van der Waals surface area contributed by atoms with E-state index in [-0.39, 0.29) is 17.9 Å². The largest absolute Gasteiger partial charge is 0.497 e. The number of ether oxygens (including phenoxy) is 2. The molecular formula is C27H38N2O4. The van der Waals surface area contributed by atoms with Crippen molar-refractivity contribution in [3.05, 3.63) is 59.7 Å². The maximum Gasteiger partial charge on any atom is 0.243 e. The first-order valence-corrected chi connectivity index (χ1v) is 11.8. The first-order chi connectivity index (χ1) is 15.9. The predicted octanol–water partition coefficient (Wildman–Crippen LogP) is 4.88. The predicted molar refractivity (Wildman–Crippen MR) is 131 cm³/mol. The lowest BCUT2D eigenvalue weighted by Gasteiger charge is -2.31. The van der Waals surface area contributed by atoms with E-state index in [2.05, 4.69) is 5.32 Å². The number of hydrogen-bond acceptors (Lipinski definition) is 4. The summed E-state index contributed by atoms with van der Waals surface area (Å²) in [5, 5.41) is 3.04. The summed E-state index contributed by atoms with van der Waals surface area (Å²) < 4.78 is 10.9. The highest BCUT2D eigenvalue weighted by Gasteiger charge is 2.28. The maximum atomic E-state index is 13.2. The Bertz CT molecular complexity index is 865. The van der Waals surface area contributed by atoms with E-state index < -0.39 is 6.04 Å². The second-order valence-electron chi connectivity index (χ2n) is 8.38. The Morgan fingerprint density at radius 1 is 0.970 bits per heavy atom. The fourth-order valence-corrected chi connectivity index (χ4v) is 3.48. The molecule has 2 rings (SSSR count). The Hall–Kier alpha value is -3.02. The van der Waals surface area contributed by atoms with Crippen LogP contribution in [0, 0.1) is 6.92 Å². The summed E-state index contributed by atoms with van der Waals surface area (Å²) in [6, 6.07) is 15.0. The molecule has 33 heavy (non-hydrogen) atoms. The second kappa shape index (κ2) is 13.5. The molecule has 0 aromatic heterocycles. The average Bonchev–Trinajstić information content (AvgIpc) is 2.83. The summed E-state index contributed by atoms with van der Waals surface area (Å²) in [6.07, 6.45) is 2.28. The van der Waals surface area contributed by atoms with E-state index in [1.807, 2.05) is 76.2 Å². The van der Waals surface area contributed by atoms with Crippen molar-refractivity contribution in [2.75, 3.05) is 13.7 Å². The second-order valence-corrected chi connectivity index (χ2v) is 8.38. The van der Waals surface area contributed by atoms with Gasteiger partial charge in [-0.3, -0.25) is 9.59 Å². The van der Waals surface area contributed by atoms with Gasteiger partial charge in [-0.05, 0) is 62.9 Å². The van der Waals surface area contributed by atoms with Crippen LogP contribution in [0.3, 0.4) is 0 Å². The molecule has 2 aromatic carbocycles. The van der Waals surface area contributed by atoms with Crippen molar-refractivity contribution in [1.82, 2.24) is 10.2 Å². The lowest BCUT2D eigenvalue weighted by Crippen LogP contribution is -2.50. The number of aryl methyl sites for hydroxylation is 1. The smallest absolute Gasteiger partial charge is 0.243 e. The monoisotopic (exact) mass is 454 g/mol. The van der Waals surface area contributed by atoms with Crippen LogP contribution >= 0.6 is 0 Å². The van der Waals surface area contributed by atoms with E-state index in [0.29, 0.717) is 32.4 Å². The molecule has 2 amide bonds. The summed E-state index contributed by atoms with van der Waals surface area (Å²) >= 11 is 0. The third-order valence-electron chi connectivity index (χ3n) is 5.72. The molecule has 0 bridgehead atoms. The van der Waals surface area contributed by atoms with Gasteiger partial charge in [0, 0.05) is 19.0 Å². The first-order valence-electron chi connectivity index (χ1n) is 11.8. The molecule has 0 radical (unpaired) electrons. The Kier molecular flexibility index (Phi) is 10.7. The summed E-state index contributed by atoms with van der Waals surface area (Å²) in [5.74, 6) is 1.37. The minimum Gasteiger partial charge on any atom is -0.497 e. The topological polar surface area (TPSA) is 67.9 Å². The van der Waals surface area contributed by atoms with Gasteiger partial charge in [0.1, 0.15) is 17.5 Å². The van der Waals surface area contributed by atoms with Crippen LogP contribution in [0.15, 0.2) is 48.5 Å². The van der Waals surface area contributed by atoms with Gasteiger partial charge in [0.15, 0.2) is 0 Å². The quantitative estimate of drug-likeness (QED) is 0.438. The van der Waals surface area contributed by atoms with E-state index in [1.165, 1.54) is 0 Å². The highest BCUT2D eigenvalue weighted by atomic mass is 16.5. The highest BCUT2D eigenvalue weighted by Crippen LogP contribution is 2.18. The average molecular weight is 455 g/mol. The van der Waals surface area contributed by atoms with Gasteiger partial charge < -0.3 is 19.7 Å². The summed E-state index contributed by atoms with van der Waals surface area (Å²) in [6.45, 7) is 8.82. The number of nitrogens with one attached hydrogen (secondary N) is 1. The fourth-order valence-electron chi connectivity index (χ4n) is 3.48. The van der Waals surface area contributed by atoms with Gasteiger partial charge in [-0.25, -0.2) is 0 Å². The number of carbonyl (C=O) groups is 2. The van der Waals surface area contributed by atoms with Gasteiger partial charge in [0.2, 0.25) is 11.8 Å². The molecule has 0 aliphatic heterocycles. The number of amides is 2. The summed E-state index contributed by atoms with van der Waals surface area (Å²) in [4.78, 5) is 27.9. The molecular weight excluding hydrogens is 416 g/mol. The zero-order valence-corrected chi connectivity index (χ0v) is 20.6. The van der Waals surface area contributed by atoms with Gasteiger partial charge in [-0.1, -0.05) is 43.7 Å². The van der Waals surface area contributed by atoms with E-state index in [4.69, 9.17) is 9.47 Å². The van der Waals surface area contributed by atoms with Crippen LogP contribution in [0.1, 0.15) is 57.6 Å². The standard InChI is InChI=1S/C27H38N2O4/c1-6-21(4)28-27(31)25(7-2)29(19-22-12-10-20(3)11-13-22)26(30)9-8-18-33-24-16-14-23(32-5)15-17-24/h10-17,21,25H,6-9,18-19H2,1-5H3,(H,28,31). The third kappa shape index (κ3) is 8.44. The Morgan fingerprint density at radius 3 is 2.18 bits per heavy atom. The lowest BCUT2D eigenvalue weighted by molar-refractivity contribution is -0.141. The van der Waals surface area contributed by atoms with Gasteiger partial charge in [0.05, 0.1) is 13.7 Å². The number of benzene rings is 2. The van der Waals surface area contributed by atoms with Crippen molar-refractivity contribution in [3.63, 3.8) is 0 Å². The fraction of sp³-hybridized carbons (Fsp3) is 0.481. The van der Waals surface area contributed by atoms with Crippen LogP contribution in [-0.2, 0) is 16.1 Å².